The summed E-state index contributed by atoms with van der Waals surface area (Å²) in [6.07, 6.45) is 0. The second kappa shape index (κ2) is 4.36. The summed E-state index contributed by atoms with van der Waals surface area (Å²) in [4.78, 5) is 10.6. The van der Waals surface area contributed by atoms with Crippen LogP contribution in [-0.4, -0.2) is 30.2 Å². The molecule has 0 aliphatic carbocycles. The van der Waals surface area contributed by atoms with Crippen molar-refractivity contribution in [1.29, 1.82) is 0 Å². The zero-order chi connectivity index (χ0) is 10.6. The smallest absolute Gasteiger partial charge is 0.335 e. The lowest BCUT2D eigenvalue weighted by Gasteiger charge is -2.00. The van der Waals surface area contributed by atoms with E-state index in [1.54, 1.807) is 26.2 Å². The normalized spacial score (nSPS) is 10.4. The maximum Gasteiger partial charge on any atom is 0.335 e. The molecule has 5 heteroatoms. The maximum absolute atomic E-state index is 10.6. The number of rotatable bonds is 3. The molecular weight excluding hydrogens is 182 g/mol. The molecule has 5 nitrogen and oxygen atoms in total. The van der Waals surface area contributed by atoms with Crippen LogP contribution in [0.25, 0.3) is 0 Å². The number of carboxylic acids is 1. The average molecular weight is 193 g/mol. The highest BCUT2D eigenvalue weighted by Gasteiger charge is 2.01. The highest BCUT2D eigenvalue weighted by atomic mass is 16.4. The van der Waals surface area contributed by atoms with Gasteiger partial charge in [0.25, 0.3) is 0 Å². The number of hydrogen-bond donors (Lipinski definition) is 1. The summed E-state index contributed by atoms with van der Waals surface area (Å²) in [6.45, 7) is 0. The van der Waals surface area contributed by atoms with Crippen molar-refractivity contribution in [2.45, 2.75) is 0 Å². The van der Waals surface area contributed by atoms with Gasteiger partial charge in [-0.1, -0.05) is 11.3 Å². The van der Waals surface area contributed by atoms with Gasteiger partial charge in [-0.05, 0) is 18.2 Å². The molecule has 0 heterocycles. The molecule has 0 unspecified atom stereocenters. The number of nitrogens with zero attached hydrogens (tertiary/aromatic N) is 3. The quantitative estimate of drug-likeness (QED) is 0.589. The van der Waals surface area contributed by atoms with Crippen LogP contribution >= 0.6 is 0 Å². The first kappa shape index (κ1) is 10.2. The van der Waals surface area contributed by atoms with Crippen LogP contribution in [0.2, 0.25) is 0 Å². The summed E-state index contributed by atoms with van der Waals surface area (Å²) in [6, 6.07) is 6.30. The minimum Gasteiger partial charge on any atom is -0.478 e. The lowest BCUT2D eigenvalue weighted by molar-refractivity contribution is 0.0697. The molecule has 1 N–H and O–H groups in total. The SMILES string of the molecule is CN(C)N=Nc1cccc(C(=O)O)c1. The molecule has 0 radical (unpaired) electrons. The largest absolute Gasteiger partial charge is 0.478 e. The van der Waals surface area contributed by atoms with Crippen molar-refractivity contribution in [1.82, 2.24) is 5.01 Å². The van der Waals surface area contributed by atoms with Gasteiger partial charge in [0.15, 0.2) is 0 Å². The van der Waals surface area contributed by atoms with E-state index in [2.05, 4.69) is 10.3 Å². The number of carbonyl (C=O) groups is 1. The van der Waals surface area contributed by atoms with E-state index in [0.717, 1.165) is 0 Å². The van der Waals surface area contributed by atoms with E-state index in [4.69, 9.17) is 5.11 Å². The van der Waals surface area contributed by atoms with Crippen LogP contribution in [0.5, 0.6) is 0 Å². The fraction of sp³-hybridized carbons (Fsp3) is 0.222. The molecule has 74 valence electrons. The van der Waals surface area contributed by atoms with Gasteiger partial charge in [-0.15, -0.1) is 5.11 Å². The molecule has 1 aromatic rings. The molecule has 14 heavy (non-hydrogen) atoms. The van der Waals surface area contributed by atoms with Gasteiger partial charge in [0, 0.05) is 14.1 Å². The molecule has 0 amide bonds. The van der Waals surface area contributed by atoms with Gasteiger partial charge >= 0.3 is 5.97 Å². The Morgan fingerprint density at radius 3 is 2.71 bits per heavy atom. The van der Waals surface area contributed by atoms with Gasteiger partial charge in [0.2, 0.25) is 0 Å². The second-order valence-corrected chi connectivity index (χ2v) is 2.89. The maximum atomic E-state index is 10.6. The van der Waals surface area contributed by atoms with Crippen molar-refractivity contribution < 1.29 is 9.90 Å². The zero-order valence-corrected chi connectivity index (χ0v) is 8.01. The molecule has 0 saturated heterocycles. The van der Waals surface area contributed by atoms with Gasteiger partial charge in [0.1, 0.15) is 0 Å². The second-order valence-electron chi connectivity index (χ2n) is 2.89. The molecule has 0 bridgehead atoms. The Balaban J connectivity index is 2.89. The molecule has 0 fully saturated rings. The van der Waals surface area contributed by atoms with E-state index in [1.165, 1.54) is 17.1 Å². The van der Waals surface area contributed by atoms with Gasteiger partial charge in [-0.3, -0.25) is 5.01 Å². The first-order valence-corrected chi connectivity index (χ1v) is 4.02. The summed E-state index contributed by atoms with van der Waals surface area (Å²) in [5, 5.41) is 17.8. The van der Waals surface area contributed by atoms with Crippen LogP contribution in [0.3, 0.4) is 0 Å². The van der Waals surface area contributed by atoms with Crippen molar-refractivity contribution in [3.8, 4) is 0 Å². The summed E-state index contributed by atoms with van der Waals surface area (Å²) < 4.78 is 0. The number of benzene rings is 1. The molecule has 0 aliphatic heterocycles. The van der Waals surface area contributed by atoms with Crippen LogP contribution in [0, 0.1) is 0 Å². The number of carboxylic acid groups (broad SMARTS) is 1. The number of aromatic carboxylic acids is 1. The van der Waals surface area contributed by atoms with Gasteiger partial charge in [0.05, 0.1) is 11.3 Å². The fourth-order valence-corrected chi connectivity index (χ4v) is 0.842. The molecule has 0 atom stereocenters. The Labute approximate surface area is 81.7 Å². The Bertz CT molecular complexity index is 361. The van der Waals surface area contributed by atoms with Crippen molar-refractivity contribution in [3.05, 3.63) is 29.8 Å². The van der Waals surface area contributed by atoms with Gasteiger partial charge in [-0.25, -0.2) is 4.79 Å². The average Bonchev–Trinajstić information content (AvgIpc) is 2.15. The van der Waals surface area contributed by atoms with E-state index < -0.39 is 5.97 Å². The zero-order valence-electron chi connectivity index (χ0n) is 8.01. The predicted molar refractivity (Wildman–Crippen MR) is 51.6 cm³/mol. The molecule has 0 aliphatic rings. The van der Waals surface area contributed by atoms with E-state index in [-0.39, 0.29) is 5.56 Å². The third-order valence-electron chi connectivity index (χ3n) is 1.43. The van der Waals surface area contributed by atoms with Crippen LogP contribution in [0.1, 0.15) is 10.4 Å². The molecule has 1 aromatic carbocycles. The van der Waals surface area contributed by atoms with Crippen LogP contribution in [0.15, 0.2) is 34.6 Å². The van der Waals surface area contributed by atoms with Crippen molar-refractivity contribution >= 4 is 11.7 Å². The lowest BCUT2D eigenvalue weighted by atomic mass is 10.2. The third-order valence-corrected chi connectivity index (χ3v) is 1.43. The third kappa shape index (κ3) is 2.85. The van der Waals surface area contributed by atoms with Gasteiger partial charge < -0.3 is 5.11 Å². The molecule has 0 spiro atoms. The lowest BCUT2D eigenvalue weighted by Crippen LogP contribution is -1.99. The number of hydrogen-bond acceptors (Lipinski definition) is 3. The molecular formula is C9H11N3O2. The first-order valence-electron chi connectivity index (χ1n) is 4.02. The highest BCUT2D eigenvalue weighted by molar-refractivity contribution is 5.88. The van der Waals surface area contributed by atoms with Crippen molar-refractivity contribution in [3.63, 3.8) is 0 Å². The molecule has 0 saturated carbocycles. The van der Waals surface area contributed by atoms with Crippen molar-refractivity contribution in [2.75, 3.05) is 14.1 Å². The van der Waals surface area contributed by atoms with Crippen LogP contribution in [0.4, 0.5) is 5.69 Å². The van der Waals surface area contributed by atoms with E-state index in [9.17, 15) is 4.79 Å². The first-order chi connectivity index (χ1) is 6.59. The van der Waals surface area contributed by atoms with Crippen LogP contribution < -0.4 is 0 Å². The summed E-state index contributed by atoms with van der Waals surface area (Å²) in [7, 11) is 3.48. The minimum absolute atomic E-state index is 0.209. The van der Waals surface area contributed by atoms with Gasteiger partial charge in [-0.2, -0.15) is 0 Å². The molecule has 0 aromatic heterocycles. The van der Waals surface area contributed by atoms with E-state index >= 15 is 0 Å². The van der Waals surface area contributed by atoms with E-state index in [1.807, 2.05) is 0 Å². The molecule has 1 rings (SSSR count). The Kier molecular flexibility index (Phi) is 3.17. The minimum atomic E-state index is -0.966. The van der Waals surface area contributed by atoms with Crippen molar-refractivity contribution in [2.24, 2.45) is 10.3 Å². The summed E-state index contributed by atoms with van der Waals surface area (Å²) in [5.74, 6) is -0.966. The summed E-state index contributed by atoms with van der Waals surface area (Å²) in [5.41, 5.74) is 0.735. The summed E-state index contributed by atoms with van der Waals surface area (Å²) >= 11 is 0. The monoisotopic (exact) mass is 193 g/mol. The Morgan fingerprint density at radius 1 is 1.43 bits per heavy atom. The Hall–Kier alpha value is -1.91. The Morgan fingerprint density at radius 2 is 2.14 bits per heavy atom. The fourth-order valence-electron chi connectivity index (χ4n) is 0.842. The predicted octanol–water partition coefficient (Wildman–Crippen LogP) is 1.95. The standard InChI is InChI=1S/C9H11N3O2/c1-12(2)11-10-8-5-3-4-7(6-8)9(13)14/h3-6H,1-2H3,(H,13,14). The van der Waals surface area contributed by atoms with E-state index in [0.29, 0.717) is 5.69 Å². The topological polar surface area (TPSA) is 65.3 Å². The highest BCUT2D eigenvalue weighted by Crippen LogP contribution is 2.14. The van der Waals surface area contributed by atoms with Crippen LogP contribution in [-0.2, 0) is 0 Å².